The SMILES string of the molecule is Cc1ccccc1[C@@H](O)C(=O)NC(COCc1ccccc1)C(=O)Nc1ccc(Oc2ccccc2)cc1. The number of nitrogens with one attached hydrogen (secondary N) is 2. The van der Waals surface area contributed by atoms with Crippen LogP contribution in [0.15, 0.2) is 109 Å². The van der Waals surface area contributed by atoms with Gasteiger partial charge in [0.25, 0.3) is 5.91 Å². The van der Waals surface area contributed by atoms with Gasteiger partial charge in [0, 0.05) is 5.69 Å². The third-order valence-corrected chi connectivity index (χ3v) is 5.86. The predicted molar refractivity (Wildman–Crippen MR) is 146 cm³/mol. The molecule has 0 aliphatic heterocycles. The molecule has 0 aromatic heterocycles. The topological polar surface area (TPSA) is 96.9 Å². The second kappa shape index (κ2) is 13.2. The first-order valence-electron chi connectivity index (χ1n) is 12.3. The highest BCUT2D eigenvalue weighted by Gasteiger charge is 2.26. The fraction of sp³-hybridized carbons (Fsp3) is 0.161. The normalized spacial score (nSPS) is 12.3. The quantitative estimate of drug-likeness (QED) is 0.259. The summed E-state index contributed by atoms with van der Waals surface area (Å²) in [5.41, 5.74) is 2.71. The van der Waals surface area contributed by atoms with Crippen LogP contribution in [0, 0.1) is 6.92 Å². The predicted octanol–water partition coefficient (Wildman–Crippen LogP) is 5.16. The number of hydrogen-bond donors (Lipinski definition) is 3. The van der Waals surface area contributed by atoms with Crippen LogP contribution in [-0.2, 0) is 20.9 Å². The summed E-state index contributed by atoms with van der Waals surface area (Å²) in [6.07, 6.45) is -1.42. The fourth-order valence-corrected chi connectivity index (χ4v) is 3.80. The third-order valence-electron chi connectivity index (χ3n) is 5.86. The molecular weight excluding hydrogens is 480 g/mol. The Morgan fingerprint density at radius 1 is 0.763 bits per heavy atom. The number of benzene rings is 4. The van der Waals surface area contributed by atoms with Crippen LogP contribution in [0.25, 0.3) is 0 Å². The number of aryl methyl sites for hydroxylation is 1. The lowest BCUT2D eigenvalue weighted by molar-refractivity contribution is -0.134. The van der Waals surface area contributed by atoms with E-state index in [1.165, 1.54) is 0 Å². The Kier molecular flexibility index (Phi) is 9.23. The Labute approximate surface area is 222 Å². The molecular formula is C31H30N2O5. The van der Waals surface area contributed by atoms with Gasteiger partial charge in [-0.3, -0.25) is 9.59 Å². The molecule has 0 heterocycles. The number of carbonyl (C=O) groups is 2. The maximum Gasteiger partial charge on any atom is 0.254 e. The second-order valence-corrected chi connectivity index (χ2v) is 8.75. The molecule has 7 nitrogen and oxygen atoms in total. The molecule has 0 bridgehead atoms. The van der Waals surface area contributed by atoms with Crippen LogP contribution < -0.4 is 15.4 Å². The van der Waals surface area contributed by atoms with Crippen molar-refractivity contribution in [3.05, 3.63) is 126 Å². The minimum atomic E-state index is -1.42. The molecule has 0 fully saturated rings. The van der Waals surface area contributed by atoms with Crippen molar-refractivity contribution < 1.29 is 24.2 Å². The number of aliphatic hydroxyl groups is 1. The molecule has 2 amide bonds. The summed E-state index contributed by atoms with van der Waals surface area (Å²) in [5.74, 6) is 0.163. The summed E-state index contributed by atoms with van der Waals surface area (Å²) in [5, 5.41) is 16.1. The van der Waals surface area contributed by atoms with Gasteiger partial charge in [-0.2, -0.15) is 0 Å². The van der Waals surface area contributed by atoms with Crippen molar-refractivity contribution in [2.75, 3.05) is 11.9 Å². The molecule has 194 valence electrons. The molecule has 2 atom stereocenters. The van der Waals surface area contributed by atoms with E-state index in [2.05, 4.69) is 10.6 Å². The maximum atomic E-state index is 13.2. The molecule has 3 N–H and O–H groups in total. The van der Waals surface area contributed by atoms with Crippen molar-refractivity contribution in [1.29, 1.82) is 0 Å². The van der Waals surface area contributed by atoms with E-state index < -0.39 is 24.0 Å². The van der Waals surface area contributed by atoms with Gasteiger partial charge in [0.05, 0.1) is 13.2 Å². The lowest BCUT2D eigenvalue weighted by atomic mass is 10.0. The Balaban J connectivity index is 1.42. The van der Waals surface area contributed by atoms with E-state index in [0.717, 1.165) is 11.1 Å². The Morgan fingerprint density at radius 3 is 2.05 bits per heavy atom. The molecule has 4 aromatic rings. The summed E-state index contributed by atoms with van der Waals surface area (Å²) in [7, 11) is 0. The van der Waals surface area contributed by atoms with E-state index in [1.54, 1.807) is 36.4 Å². The minimum absolute atomic E-state index is 0.0812. The number of para-hydroxylation sites is 1. The van der Waals surface area contributed by atoms with Crippen LogP contribution in [0.5, 0.6) is 11.5 Å². The zero-order chi connectivity index (χ0) is 26.7. The van der Waals surface area contributed by atoms with Crippen LogP contribution >= 0.6 is 0 Å². The molecule has 4 rings (SSSR count). The Morgan fingerprint density at radius 2 is 1.37 bits per heavy atom. The summed E-state index contributed by atoms with van der Waals surface area (Å²) < 4.78 is 11.6. The standard InChI is InChI=1S/C31H30N2O5/c1-22-10-8-9-15-27(22)29(34)31(36)33-28(21-37-20-23-11-4-2-5-12-23)30(35)32-24-16-18-26(19-17-24)38-25-13-6-3-7-14-25/h2-19,28-29,34H,20-21H2,1H3,(H,32,35)(H,33,36)/t28?,29-/m1/s1. The highest BCUT2D eigenvalue weighted by molar-refractivity contribution is 5.98. The molecule has 0 spiro atoms. The van der Waals surface area contributed by atoms with Crippen molar-refractivity contribution in [3.8, 4) is 11.5 Å². The number of carbonyl (C=O) groups excluding carboxylic acids is 2. The molecule has 7 heteroatoms. The summed E-state index contributed by atoms with van der Waals surface area (Å²) in [6, 6.07) is 31.8. The van der Waals surface area contributed by atoms with Crippen molar-refractivity contribution in [2.24, 2.45) is 0 Å². The van der Waals surface area contributed by atoms with Gasteiger partial charge in [0.15, 0.2) is 6.10 Å². The van der Waals surface area contributed by atoms with Crippen LogP contribution in [0.3, 0.4) is 0 Å². The highest BCUT2D eigenvalue weighted by atomic mass is 16.5. The molecule has 1 unspecified atom stereocenters. The van der Waals surface area contributed by atoms with Gasteiger partial charge < -0.3 is 25.2 Å². The monoisotopic (exact) mass is 510 g/mol. The zero-order valence-corrected chi connectivity index (χ0v) is 21.0. The Hall–Kier alpha value is -4.46. The first kappa shape index (κ1) is 26.6. The van der Waals surface area contributed by atoms with Crippen molar-refractivity contribution in [3.63, 3.8) is 0 Å². The molecule has 0 radical (unpaired) electrons. The molecule has 38 heavy (non-hydrogen) atoms. The van der Waals surface area contributed by atoms with Crippen molar-refractivity contribution in [2.45, 2.75) is 25.7 Å². The zero-order valence-electron chi connectivity index (χ0n) is 21.0. The first-order chi connectivity index (χ1) is 18.5. The van der Waals surface area contributed by atoms with Gasteiger partial charge in [0.2, 0.25) is 5.91 Å². The number of amides is 2. The lowest BCUT2D eigenvalue weighted by Crippen LogP contribution is -2.48. The maximum absolute atomic E-state index is 13.2. The van der Waals surface area contributed by atoms with Crippen LogP contribution in [-0.4, -0.2) is 29.6 Å². The fourth-order valence-electron chi connectivity index (χ4n) is 3.80. The number of aliphatic hydroxyl groups excluding tert-OH is 1. The molecule has 4 aromatic carbocycles. The average Bonchev–Trinajstić information content (AvgIpc) is 2.94. The summed E-state index contributed by atoms with van der Waals surface area (Å²) in [6.45, 7) is 2.00. The van der Waals surface area contributed by atoms with E-state index in [9.17, 15) is 14.7 Å². The minimum Gasteiger partial charge on any atom is -0.457 e. The van der Waals surface area contributed by atoms with Gasteiger partial charge in [0.1, 0.15) is 17.5 Å². The second-order valence-electron chi connectivity index (χ2n) is 8.75. The van der Waals surface area contributed by atoms with Crippen molar-refractivity contribution in [1.82, 2.24) is 5.32 Å². The molecule has 0 saturated heterocycles. The van der Waals surface area contributed by atoms with Gasteiger partial charge in [-0.25, -0.2) is 0 Å². The van der Waals surface area contributed by atoms with Crippen LogP contribution in [0.4, 0.5) is 5.69 Å². The molecule has 0 aliphatic rings. The smallest absolute Gasteiger partial charge is 0.254 e. The van der Waals surface area contributed by atoms with Gasteiger partial charge in [-0.1, -0.05) is 72.8 Å². The van der Waals surface area contributed by atoms with E-state index in [4.69, 9.17) is 9.47 Å². The summed E-state index contributed by atoms with van der Waals surface area (Å²) in [4.78, 5) is 26.1. The number of anilines is 1. The Bertz CT molecular complexity index is 1330. The van der Waals surface area contributed by atoms with E-state index in [1.807, 2.05) is 79.7 Å². The van der Waals surface area contributed by atoms with E-state index >= 15 is 0 Å². The first-order valence-corrected chi connectivity index (χ1v) is 12.3. The number of rotatable bonds is 11. The third kappa shape index (κ3) is 7.52. The van der Waals surface area contributed by atoms with Gasteiger partial charge >= 0.3 is 0 Å². The number of ether oxygens (including phenoxy) is 2. The lowest BCUT2D eigenvalue weighted by Gasteiger charge is -2.21. The van der Waals surface area contributed by atoms with Gasteiger partial charge in [-0.15, -0.1) is 0 Å². The average molecular weight is 511 g/mol. The van der Waals surface area contributed by atoms with E-state index in [0.29, 0.717) is 22.7 Å². The van der Waals surface area contributed by atoms with Crippen LogP contribution in [0.1, 0.15) is 22.8 Å². The molecule has 0 aliphatic carbocycles. The van der Waals surface area contributed by atoms with E-state index in [-0.39, 0.29) is 13.2 Å². The van der Waals surface area contributed by atoms with Crippen LogP contribution in [0.2, 0.25) is 0 Å². The van der Waals surface area contributed by atoms with Gasteiger partial charge in [-0.05, 0) is 60.0 Å². The molecule has 0 saturated carbocycles. The summed E-state index contributed by atoms with van der Waals surface area (Å²) >= 11 is 0. The highest BCUT2D eigenvalue weighted by Crippen LogP contribution is 2.23. The number of hydrogen-bond acceptors (Lipinski definition) is 5. The van der Waals surface area contributed by atoms with Crippen molar-refractivity contribution >= 4 is 17.5 Å². The largest absolute Gasteiger partial charge is 0.457 e.